The maximum atomic E-state index is 13.3. The van der Waals surface area contributed by atoms with Gasteiger partial charge in [0.1, 0.15) is 5.82 Å². The predicted molar refractivity (Wildman–Crippen MR) is 46.3 cm³/mol. The van der Waals surface area contributed by atoms with Gasteiger partial charge in [0.15, 0.2) is 17.5 Å². The molecule has 1 fully saturated rings. The van der Waals surface area contributed by atoms with Crippen LogP contribution in [0.3, 0.4) is 0 Å². The number of nitrogens with one attached hydrogen (secondary N) is 1. The molecule has 1 atom stereocenters. The molecule has 0 bridgehead atoms. The van der Waals surface area contributed by atoms with E-state index in [-0.39, 0.29) is 0 Å². The van der Waals surface area contributed by atoms with E-state index in [1.807, 2.05) is 0 Å². The zero-order valence-corrected chi connectivity index (χ0v) is 7.79. The van der Waals surface area contributed by atoms with Gasteiger partial charge in [-0.3, -0.25) is 0 Å². The van der Waals surface area contributed by atoms with Crippen molar-refractivity contribution >= 4 is 0 Å². The molecule has 1 aromatic rings. The topological polar surface area (TPSA) is 12.0 Å². The highest BCUT2D eigenvalue weighted by Gasteiger charge is 2.27. The van der Waals surface area contributed by atoms with Crippen LogP contribution in [0.4, 0.5) is 17.6 Å². The molecule has 0 radical (unpaired) electrons. The van der Waals surface area contributed by atoms with Crippen LogP contribution in [0.1, 0.15) is 24.4 Å². The minimum absolute atomic E-state index is 0.383. The summed E-state index contributed by atoms with van der Waals surface area (Å²) in [6.45, 7) is 0.628. The lowest BCUT2D eigenvalue weighted by molar-refractivity contribution is 0.412. The molecule has 82 valence electrons. The van der Waals surface area contributed by atoms with Crippen molar-refractivity contribution < 1.29 is 17.6 Å². The molecule has 1 aliphatic heterocycles. The summed E-state index contributed by atoms with van der Waals surface area (Å²) < 4.78 is 52.0. The first-order valence-electron chi connectivity index (χ1n) is 4.67. The smallest absolute Gasteiger partial charge is 0.194 e. The summed E-state index contributed by atoms with van der Waals surface area (Å²) in [6, 6.07) is -0.173. The summed E-state index contributed by atoms with van der Waals surface area (Å²) >= 11 is 0. The molecule has 1 aliphatic rings. The highest BCUT2D eigenvalue weighted by molar-refractivity contribution is 5.26. The van der Waals surface area contributed by atoms with Gasteiger partial charge in [0.05, 0.1) is 0 Å². The average molecular weight is 219 g/mol. The number of benzene rings is 1. The van der Waals surface area contributed by atoms with E-state index >= 15 is 0 Å². The van der Waals surface area contributed by atoms with Crippen LogP contribution in [0.15, 0.2) is 6.07 Å². The van der Waals surface area contributed by atoms with Crippen molar-refractivity contribution in [2.24, 2.45) is 0 Å². The first-order chi connectivity index (χ1) is 7.11. The Morgan fingerprint density at radius 2 is 1.80 bits per heavy atom. The number of hydrogen-bond acceptors (Lipinski definition) is 1. The Morgan fingerprint density at radius 1 is 1.07 bits per heavy atom. The molecule has 1 aromatic carbocycles. The van der Waals surface area contributed by atoms with Crippen molar-refractivity contribution in [2.75, 3.05) is 6.54 Å². The molecule has 1 heterocycles. The van der Waals surface area contributed by atoms with Gasteiger partial charge in [-0.05, 0) is 19.4 Å². The van der Waals surface area contributed by atoms with Crippen molar-refractivity contribution in [1.29, 1.82) is 0 Å². The van der Waals surface area contributed by atoms with E-state index in [4.69, 9.17) is 0 Å². The molecule has 0 spiro atoms. The largest absolute Gasteiger partial charge is 0.310 e. The predicted octanol–water partition coefficient (Wildman–Crippen LogP) is 2.67. The zero-order chi connectivity index (χ0) is 11.0. The average Bonchev–Trinajstić information content (AvgIpc) is 2.68. The highest BCUT2D eigenvalue weighted by Crippen LogP contribution is 2.29. The molecule has 1 nitrogen and oxygen atoms in total. The van der Waals surface area contributed by atoms with E-state index in [1.54, 1.807) is 0 Å². The second kappa shape index (κ2) is 3.81. The standard InChI is InChI=1S/C10H9F4N/c11-5-4-6(12)9(13)10(14)8(5)7-2-1-3-15-7/h4,7,15H,1-3H2. The van der Waals surface area contributed by atoms with E-state index < -0.39 is 34.9 Å². The lowest BCUT2D eigenvalue weighted by Crippen LogP contribution is -2.17. The number of halogens is 4. The van der Waals surface area contributed by atoms with E-state index in [0.717, 1.165) is 6.42 Å². The maximum absolute atomic E-state index is 13.3. The number of hydrogen-bond donors (Lipinski definition) is 1. The molecule has 15 heavy (non-hydrogen) atoms. The van der Waals surface area contributed by atoms with Crippen molar-refractivity contribution in [3.8, 4) is 0 Å². The normalized spacial score (nSPS) is 20.9. The van der Waals surface area contributed by atoms with E-state index in [0.29, 0.717) is 19.0 Å². The molecule has 1 saturated heterocycles. The van der Waals surface area contributed by atoms with Gasteiger partial charge < -0.3 is 5.32 Å². The second-order valence-electron chi connectivity index (χ2n) is 3.53. The Kier molecular flexibility index (Phi) is 2.65. The SMILES string of the molecule is Fc1cc(F)c(C2CCCN2)c(F)c1F. The Bertz CT molecular complexity index is 385. The van der Waals surface area contributed by atoms with E-state index in [9.17, 15) is 17.6 Å². The molecule has 1 N–H and O–H groups in total. The van der Waals surface area contributed by atoms with Gasteiger partial charge in [-0.1, -0.05) is 0 Å². The molecule has 5 heteroatoms. The summed E-state index contributed by atoms with van der Waals surface area (Å²) in [5, 5.41) is 2.83. The molecule has 0 saturated carbocycles. The molecule has 0 aliphatic carbocycles. The maximum Gasteiger partial charge on any atom is 0.194 e. The fourth-order valence-corrected chi connectivity index (χ4v) is 1.83. The summed E-state index contributed by atoms with van der Waals surface area (Å²) in [5.41, 5.74) is -0.397. The highest BCUT2D eigenvalue weighted by atomic mass is 19.2. The van der Waals surface area contributed by atoms with E-state index in [2.05, 4.69) is 5.32 Å². The minimum Gasteiger partial charge on any atom is -0.310 e. The molecular formula is C10H9F4N. The monoisotopic (exact) mass is 219 g/mol. The van der Waals surface area contributed by atoms with Crippen molar-refractivity contribution in [3.05, 3.63) is 34.9 Å². The molecule has 0 aromatic heterocycles. The van der Waals surface area contributed by atoms with Crippen LogP contribution in [-0.4, -0.2) is 6.54 Å². The fraction of sp³-hybridized carbons (Fsp3) is 0.400. The third-order valence-corrected chi connectivity index (χ3v) is 2.56. The molecule has 2 rings (SSSR count). The third kappa shape index (κ3) is 1.71. The van der Waals surface area contributed by atoms with Crippen LogP contribution in [0.25, 0.3) is 0 Å². The van der Waals surface area contributed by atoms with Gasteiger partial charge in [0, 0.05) is 17.7 Å². The van der Waals surface area contributed by atoms with Crippen LogP contribution < -0.4 is 5.32 Å². The van der Waals surface area contributed by atoms with Gasteiger partial charge >= 0.3 is 0 Å². The van der Waals surface area contributed by atoms with Gasteiger partial charge in [-0.25, -0.2) is 17.6 Å². The van der Waals surface area contributed by atoms with Crippen LogP contribution in [0.5, 0.6) is 0 Å². The van der Waals surface area contributed by atoms with Crippen LogP contribution in [-0.2, 0) is 0 Å². The first-order valence-corrected chi connectivity index (χ1v) is 4.67. The third-order valence-electron chi connectivity index (χ3n) is 2.56. The molecular weight excluding hydrogens is 210 g/mol. The summed E-state index contributed by atoms with van der Waals surface area (Å²) in [5.74, 6) is -5.57. The van der Waals surface area contributed by atoms with Gasteiger partial charge in [0.2, 0.25) is 0 Å². The summed E-state index contributed by atoms with van der Waals surface area (Å²) in [6.07, 6.45) is 1.29. The minimum atomic E-state index is -1.61. The summed E-state index contributed by atoms with van der Waals surface area (Å²) in [7, 11) is 0. The quantitative estimate of drug-likeness (QED) is 0.435. The number of rotatable bonds is 1. The van der Waals surface area contributed by atoms with Crippen molar-refractivity contribution in [2.45, 2.75) is 18.9 Å². The molecule has 1 unspecified atom stereocenters. The van der Waals surface area contributed by atoms with Crippen LogP contribution in [0, 0.1) is 23.3 Å². The first kappa shape index (κ1) is 10.4. The van der Waals surface area contributed by atoms with Gasteiger partial charge in [-0.2, -0.15) is 0 Å². The van der Waals surface area contributed by atoms with Crippen molar-refractivity contribution in [3.63, 3.8) is 0 Å². The Labute approximate surface area is 84.1 Å². The molecule has 0 amide bonds. The van der Waals surface area contributed by atoms with E-state index in [1.165, 1.54) is 0 Å². The Morgan fingerprint density at radius 3 is 2.40 bits per heavy atom. The van der Waals surface area contributed by atoms with Crippen LogP contribution in [0.2, 0.25) is 0 Å². The lowest BCUT2D eigenvalue weighted by Gasteiger charge is -2.13. The zero-order valence-electron chi connectivity index (χ0n) is 7.79. The van der Waals surface area contributed by atoms with Gasteiger partial charge in [0.25, 0.3) is 0 Å². The fourth-order valence-electron chi connectivity index (χ4n) is 1.83. The Balaban J connectivity index is 2.50. The van der Waals surface area contributed by atoms with Crippen LogP contribution >= 0.6 is 0 Å². The summed E-state index contributed by atoms with van der Waals surface area (Å²) in [4.78, 5) is 0. The van der Waals surface area contributed by atoms with Crippen molar-refractivity contribution in [1.82, 2.24) is 5.32 Å². The lowest BCUT2D eigenvalue weighted by atomic mass is 10.0. The Hall–Kier alpha value is -1.10. The van der Waals surface area contributed by atoms with Gasteiger partial charge in [-0.15, -0.1) is 0 Å². The second-order valence-corrected chi connectivity index (χ2v) is 3.53.